The third-order valence-electron chi connectivity index (χ3n) is 6.81. The van der Waals surface area contributed by atoms with Crippen LogP contribution in [0.15, 0.2) is 23.1 Å². The number of amides is 1. The summed E-state index contributed by atoms with van der Waals surface area (Å²) in [5.74, 6) is -1.74. The summed E-state index contributed by atoms with van der Waals surface area (Å²) in [6.07, 6.45) is 3.56. The molecule has 0 bridgehead atoms. The van der Waals surface area contributed by atoms with E-state index >= 15 is 4.39 Å². The van der Waals surface area contributed by atoms with Crippen molar-refractivity contribution in [1.29, 1.82) is 0 Å². The lowest BCUT2D eigenvalue weighted by Crippen LogP contribution is -2.43. The van der Waals surface area contributed by atoms with E-state index in [4.69, 9.17) is 4.74 Å². The minimum absolute atomic E-state index is 0.0850. The summed E-state index contributed by atoms with van der Waals surface area (Å²) in [6, 6.07) is 2.85. The average Bonchev–Trinajstić information content (AvgIpc) is 3.47. The molecule has 9 heteroatoms. The summed E-state index contributed by atoms with van der Waals surface area (Å²) < 4.78 is 22.5. The number of fused-ring (bicyclic) bond motifs is 1. The second-order valence-electron chi connectivity index (χ2n) is 10.5. The van der Waals surface area contributed by atoms with E-state index in [-0.39, 0.29) is 29.0 Å². The largest absolute Gasteiger partial charge is 0.477 e. The van der Waals surface area contributed by atoms with Crippen LogP contribution < -0.4 is 10.3 Å². The van der Waals surface area contributed by atoms with Crippen molar-refractivity contribution < 1.29 is 23.8 Å². The van der Waals surface area contributed by atoms with Gasteiger partial charge in [0.25, 0.3) is 0 Å². The highest BCUT2D eigenvalue weighted by Gasteiger charge is 2.34. The molecule has 0 spiro atoms. The van der Waals surface area contributed by atoms with E-state index in [9.17, 15) is 19.5 Å². The average molecular weight is 474 g/mol. The number of aromatic nitrogens is 1. The Hall–Kier alpha value is -3.10. The molecule has 2 aliphatic rings. The predicted molar refractivity (Wildman–Crippen MR) is 127 cm³/mol. The molecule has 184 valence electrons. The molecule has 1 saturated carbocycles. The molecule has 1 saturated heterocycles. The van der Waals surface area contributed by atoms with Gasteiger partial charge >= 0.3 is 12.1 Å². The van der Waals surface area contributed by atoms with Crippen molar-refractivity contribution in [2.45, 2.75) is 64.6 Å². The maximum absolute atomic E-state index is 15.2. The molecule has 4 rings (SSSR count). The highest BCUT2D eigenvalue weighted by Crippen LogP contribution is 2.39. The Balaban J connectivity index is 1.61. The Labute approximate surface area is 197 Å². The molecular formula is C25H32FN3O5. The first-order chi connectivity index (χ1) is 15.9. The lowest BCUT2D eigenvalue weighted by molar-refractivity contribution is 0.0192. The van der Waals surface area contributed by atoms with Gasteiger partial charge in [0.1, 0.15) is 17.0 Å². The van der Waals surface area contributed by atoms with Gasteiger partial charge in [0, 0.05) is 43.8 Å². The normalized spacial score (nSPS) is 19.4. The summed E-state index contributed by atoms with van der Waals surface area (Å²) in [6.45, 7) is 8.60. The van der Waals surface area contributed by atoms with Crippen LogP contribution in [0.2, 0.25) is 0 Å². The maximum Gasteiger partial charge on any atom is 0.410 e. The van der Waals surface area contributed by atoms with Crippen molar-refractivity contribution in [2.75, 3.05) is 25.0 Å². The van der Waals surface area contributed by atoms with E-state index < -0.39 is 28.9 Å². The highest BCUT2D eigenvalue weighted by molar-refractivity contribution is 5.93. The zero-order chi connectivity index (χ0) is 24.9. The minimum atomic E-state index is -1.31. The Morgan fingerprint density at radius 2 is 1.91 bits per heavy atom. The standard InChI is InChI=1S/C25H32FN3O5/c1-14(27(5)24(33)34-25(2,3)4)15-8-9-28(12-15)21-11-20-17(10-19(21)26)22(30)18(23(31)32)13-29(20)16-6-7-16/h10-11,13-16H,6-9,12H2,1-5H3,(H,31,32)/t14-,15-/m0/s1. The molecule has 2 fully saturated rings. The Kier molecular flexibility index (Phi) is 6.08. The number of halogens is 1. The first kappa shape index (κ1) is 24.0. The molecule has 0 radical (unpaired) electrons. The van der Waals surface area contributed by atoms with Crippen LogP contribution in [0, 0.1) is 11.7 Å². The van der Waals surface area contributed by atoms with E-state index in [0.717, 1.165) is 19.3 Å². The predicted octanol–water partition coefficient (Wildman–Crippen LogP) is 4.26. The lowest BCUT2D eigenvalue weighted by atomic mass is 10.00. The zero-order valence-corrected chi connectivity index (χ0v) is 20.3. The van der Waals surface area contributed by atoms with Gasteiger partial charge in [0.2, 0.25) is 5.43 Å². The molecule has 1 aliphatic carbocycles. The molecular weight excluding hydrogens is 441 g/mol. The molecule has 1 aromatic carbocycles. The number of aromatic carboxylic acids is 1. The van der Waals surface area contributed by atoms with Crippen LogP contribution in [0.3, 0.4) is 0 Å². The number of nitrogens with zero attached hydrogens (tertiary/aromatic N) is 3. The van der Waals surface area contributed by atoms with Crippen LogP contribution in [0.25, 0.3) is 10.9 Å². The zero-order valence-electron chi connectivity index (χ0n) is 20.3. The van der Waals surface area contributed by atoms with Gasteiger partial charge < -0.3 is 24.2 Å². The number of pyridine rings is 1. The van der Waals surface area contributed by atoms with Gasteiger partial charge in [0.15, 0.2) is 0 Å². The Bertz CT molecular complexity index is 1200. The molecule has 1 N–H and O–H groups in total. The molecule has 1 amide bonds. The molecule has 1 aromatic heterocycles. The SMILES string of the molecule is C[C@@H]([C@H]1CCN(c2cc3c(cc2F)c(=O)c(C(=O)O)cn3C2CC2)C1)N(C)C(=O)OC(C)(C)C. The second-order valence-corrected chi connectivity index (χ2v) is 10.5. The summed E-state index contributed by atoms with van der Waals surface area (Å²) in [4.78, 5) is 40.3. The van der Waals surface area contributed by atoms with Crippen LogP contribution >= 0.6 is 0 Å². The van der Waals surface area contributed by atoms with E-state index in [0.29, 0.717) is 24.3 Å². The Morgan fingerprint density at radius 3 is 2.50 bits per heavy atom. The van der Waals surface area contributed by atoms with E-state index in [1.54, 1.807) is 22.6 Å². The molecule has 8 nitrogen and oxygen atoms in total. The number of carbonyl (C=O) groups is 2. The number of hydrogen-bond donors (Lipinski definition) is 1. The van der Waals surface area contributed by atoms with Crippen molar-refractivity contribution in [1.82, 2.24) is 9.47 Å². The van der Waals surface area contributed by atoms with Gasteiger partial charge in [-0.15, -0.1) is 0 Å². The molecule has 2 aromatic rings. The first-order valence-electron chi connectivity index (χ1n) is 11.7. The van der Waals surface area contributed by atoms with Crippen LogP contribution in [-0.2, 0) is 4.74 Å². The number of hydrogen-bond acceptors (Lipinski definition) is 5. The minimum Gasteiger partial charge on any atom is -0.477 e. The van der Waals surface area contributed by atoms with Crippen LogP contribution in [0.5, 0.6) is 0 Å². The highest BCUT2D eigenvalue weighted by atomic mass is 19.1. The third-order valence-corrected chi connectivity index (χ3v) is 6.81. The first-order valence-corrected chi connectivity index (χ1v) is 11.7. The fourth-order valence-corrected chi connectivity index (χ4v) is 4.62. The molecule has 1 aliphatic heterocycles. The molecule has 34 heavy (non-hydrogen) atoms. The Morgan fingerprint density at radius 1 is 1.24 bits per heavy atom. The van der Waals surface area contributed by atoms with Gasteiger partial charge in [0.05, 0.1) is 11.2 Å². The number of benzene rings is 1. The van der Waals surface area contributed by atoms with Gasteiger partial charge in [-0.2, -0.15) is 0 Å². The molecule has 2 heterocycles. The number of carbonyl (C=O) groups excluding carboxylic acids is 1. The number of anilines is 1. The van der Waals surface area contributed by atoms with Gasteiger partial charge in [-0.25, -0.2) is 14.0 Å². The van der Waals surface area contributed by atoms with Crippen molar-refractivity contribution in [2.24, 2.45) is 5.92 Å². The lowest BCUT2D eigenvalue weighted by Gasteiger charge is -2.32. The monoisotopic (exact) mass is 473 g/mol. The number of rotatable bonds is 5. The number of carboxylic acids is 1. The van der Waals surface area contributed by atoms with Gasteiger partial charge in [-0.1, -0.05) is 0 Å². The summed E-state index contributed by atoms with van der Waals surface area (Å²) in [7, 11) is 1.71. The van der Waals surface area contributed by atoms with Crippen LogP contribution in [-0.4, -0.2) is 58.4 Å². The van der Waals surface area contributed by atoms with Gasteiger partial charge in [-0.05, 0) is 65.0 Å². The quantitative estimate of drug-likeness (QED) is 0.698. The molecule has 0 unspecified atom stereocenters. The fraction of sp³-hybridized carbons (Fsp3) is 0.560. The van der Waals surface area contributed by atoms with Crippen LogP contribution in [0.4, 0.5) is 14.9 Å². The van der Waals surface area contributed by atoms with Crippen molar-refractivity contribution >= 4 is 28.7 Å². The summed E-state index contributed by atoms with van der Waals surface area (Å²) in [5.41, 5.74) is -0.655. The van der Waals surface area contributed by atoms with Gasteiger partial charge in [-0.3, -0.25) is 4.79 Å². The number of ether oxygens (including phenoxy) is 1. The summed E-state index contributed by atoms with van der Waals surface area (Å²) >= 11 is 0. The van der Waals surface area contributed by atoms with Crippen LogP contribution in [0.1, 0.15) is 63.4 Å². The van der Waals surface area contributed by atoms with Crippen molar-refractivity contribution in [3.63, 3.8) is 0 Å². The van der Waals surface area contributed by atoms with E-state index in [2.05, 4.69) is 0 Å². The summed E-state index contributed by atoms with van der Waals surface area (Å²) in [5, 5.41) is 9.51. The van der Waals surface area contributed by atoms with Crippen molar-refractivity contribution in [3.05, 3.63) is 39.9 Å². The fourth-order valence-electron chi connectivity index (χ4n) is 4.62. The smallest absolute Gasteiger partial charge is 0.410 e. The second kappa shape index (κ2) is 8.60. The van der Waals surface area contributed by atoms with E-state index in [1.165, 1.54) is 12.3 Å². The van der Waals surface area contributed by atoms with Crippen molar-refractivity contribution in [3.8, 4) is 0 Å². The van der Waals surface area contributed by atoms with E-state index in [1.807, 2.05) is 32.6 Å². The third kappa shape index (κ3) is 4.60. The molecule has 2 atom stereocenters. The number of carboxylic acid groups (broad SMARTS) is 1. The topological polar surface area (TPSA) is 92.1 Å². The maximum atomic E-state index is 15.2.